The predicted octanol–water partition coefficient (Wildman–Crippen LogP) is 5.78. The molecule has 210 valence electrons. The number of fused-ring (bicyclic) bond motifs is 1. The second-order valence-corrected chi connectivity index (χ2v) is 10.3. The summed E-state index contributed by atoms with van der Waals surface area (Å²) in [4.78, 5) is 23.9. The number of benzene rings is 2. The van der Waals surface area contributed by atoms with Gasteiger partial charge in [-0.1, -0.05) is 6.92 Å². The van der Waals surface area contributed by atoms with Gasteiger partial charge < -0.3 is 25.0 Å². The maximum Gasteiger partial charge on any atom is 0.224 e. The van der Waals surface area contributed by atoms with Crippen molar-refractivity contribution in [3.8, 4) is 17.6 Å². The number of nitrogens with one attached hydrogen (secondary N) is 2. The molecule has 9 heteroatoms. The number of anilines is 3. The molecule has 0 saturated heterocycles. The van der Waals surface area contributed by atoms with Crippen LogP contribution in [-0.2, 0) is 4.79 Å². The number of hydrogen-bond acceptors (Lipinski definition) is 8. The first-order valence-corrected chi connectivity index (χ1v) is 13.8. The molecule has 0 spiro atoms. The van der Waals surface area contributed by atoms with Crippen molar-refractivity contribution in [1.82, 2.24) is 9.88 Å². The minimum atomic E-state index is -0.0924. The number of nitriles is 1. The number of rotatable bonds is 12. The summed E-state index contributed by atoms with van der Waals surface area (Å²) in [7, 11) is 3.97. The van der Waals surface area contributed by atoms with E-state index < -0.39 is 0 Å². The number of pyridine rings is 1. The molecule has 40 heavy (non-hydrogen) atoms. The van der Waals surface area contributed by atoms with Crippen molar-refractivity contribution in [2.45, 2.75) is 39.5 Å². The van der Waals surface area contributed by atoms with E-state index in [4.69, 9.17) is 9.47 Å². The summed E-state index contributed by atoms with van der Waals surface area (Å²) in [5.74, 6) is 1.66. The average Bonchev–Trinajstić information content (AvgIpc) is 2.94. The summed E-state index contributed by atoms with van der Waals surface area (Å²) < 4.78 is 11.8. The van der Waals surface area contributed by atoms with Crippen LogP contribution in [0.2, 0.25) is 0 Å². The number of ether oxygens (including phenoxy) is 2. The average molecular weight is 543 g/mol. The van der Waals surface area contributed by atoms with Crippen LogP contribution < -0.4 is 20.1 Å². The minimum Gasteiger partial charge on any atom is -0.492 e. The van der Waals surface area contributed by atoms with Crippen molar-refractivity contribution in [3.63, 3.8) is 0 Å². The van der Waals surface area contributed by atoms with Gasteiger partial charge in [0.2, 0.25) is 5.91 Å². The normalized spacial score (nSPS) is 14.9. The standard InChI is InChI=1S/C31H38N6O3/c1-5-39-29-17-26-25(16-27(29)36-30(38)9-7-15-37(3)4)31(22(18-32)19-34-26)35-23-10-12-24(13-11-23)40-20-28-21(2)8-6-14-33-28/h10-13,16-17,19,21H,5-9,14-15,20H2,1-4H3,(H,34,35)(H,36,38). The molecule has 2 aromatic carbocycles. The lowest BCUT2D eigenvalue weighted by atomic mass is 9.97. The van der Waals surface area contributed by atoms with Gasteiger partial charge in [-0.2, -0.15) is 5.26 Å². The first-order valence-electron chi connectivity index (χ1n) is 13.8. The molecule has 4 rings (SSSR count). The van der Waals surface area contributed by atoms with Gasteiger partial charge in [0.05, 0.1) is 34.8 Å². The highest BCUT2D eigenvalue weighted by Crippen LogP contribution is 2.36. The van der Waals surface area contributed by atoms with Crippen LogP contribution >= 0.6 is 0 Å². The molecule has 1 aliphatic rings. The number of carbonyl (C=O) groups excluding carboxylic acids is 1. The third-order valence-corrected chi connectivity index (χ3v) is 6.86. The van der Waals surface area contributed by atoms with Crippen molar-refractivity contribution in [2.24, 2.45) is 10.9 Å². The van der Waals surface area contributed by atoms with Crippen molar-refractivity contribution < 1.29 is 14.3 Å². The van der Waals surface area contributed by atoms with E-state index in [9.17, 15) is 10.1 Å². The van der Waals surface area contributed by atoms with Crippen molar-refractivity contribution in [2.75, 3.05) is 51.0 Å². The number of aliphatic imine (C=N–C) groups is 1. The van der Waals surface area contributed by atoms with E-state index in [-0.39, 0.29) is 5.91 Å². The SMILES string of the molecule is CCOc1cc2ncc(C#N)c(Nc3ccc(OCC4=NCCCC4C)cc3)c2cc1NC(=O)CCCN(C)C. The van der Waals surface area contributed by atoms with Gasteiger partial charge in [0.25, 0.3) is 0 Å². The number of nitrogens with zero attached hydrogens (tertiary/aromatic N) is 4. The molecule has 1 aromatic heterocycles. The Hall–Kier alpha value is -4.16. The van der Waals surface area contributed by atoms with Crippen LogP contribution in [-0.4, -0.2) is 61.9 Å². The molecule has 1 unspecified atom stereocenters. The Bertz CT molecular complexity index is 1390. The number of aromatic nitrogens is 1. The van der Waals surface area contributed by atoms with E-state index in [0.29, 0.717) is 59.1 Å². The third-order valence-electron chi connectivity index (χ3n) is 6.86. The molecule has 0 radical (unpaired) electrons. The molecule has 0 fully saturated rings. The summed E-state index contributed by atoms with van der Waals surface area (Å²) in [5.41, 5.74) is 4.11. The molecule has 1 atom stereocenters. The lowest BCUT2D eigenvalue weighted by Crippen LogP contribution is -2.23. The van der Waals surface area contributed by atoms with Crippen molar-refractivity contribution >= 4 is 39.6 Å². The molecule has 1 aliphatic heterocycles. The number of hydrogen-bond donors (Lipinski definition) is 2. The molecular formula is C31H38N6O3. The van der Waals surface area contributed by atoms with Crippen LogP contribution in [0.3, 0.4) is 0 Å². The van der Waals surface area contributed by atoms with Gasteiger partial charge in [0.1, 0.15) is 24.2 Å². The highest BCUT2D eigenvalue weighted by atomic mass is 16.5. The van der Waals surface area contributed by atoms with Crippen LogP contribution in [0.4, 0.5) is 17.1 Å². The number of carbonyl (C=O) groups is 1. The van der Waals surface area contributed by atoms with Gasteiger partial charge in [0, 0.05) is 36.3 Å². The van der Waals surface area contributed by atoms with Gasteiger partial charge in [0.15, 0.2) is 0 Å². The second-order valence-electron chi connectivity index (χ2n) is 10.3. The smallest absolute Gasteiger partial charge is 0.224 e. The number of amides is 1. The molecule has 3 aromatic rings. The molecule has 1 amide bonds. The van der Waals surface area contributed by atoms with Gasteiger partial charge in [-0.15, -0.1) is 0 Å². The summed E-state index contributed by atoms with van der Waals surface area (Å²) in [6.07, 6.45) is 4.97. The van der Waals surface area contributed by atoms with Gasteiger partial charge in [-0.25, -0.2) is 0 Å². The zero-order valence-electron chi connectivity index (χ0n) is 23.8. The summed E-state index contributed by atoms with van der Waals surface area (Å²) in [5, 5.41) is 16.9. The van der Waals surface area contributed by atoms with E-state index in [2.05, 4.69) is 33.6 Å². The Balaban J connectivity index is 1.56. The fourth-order valence-electron chi connectivity index (χ4n) is 4.65. The van der Waals surface area contributed by atoms with Crippen LogP contribution in [0.25, 0.3) is 10.9 Å². The summed E-state index contributed by atoms with van der Waals surface area (Å²) in [6, 6.07) is 13.5. The molecule has 2 heterocycles. The van der Waals surface area contributed by atoms with Crippen LogP contribution in [0, 0.1) is 17.2 Å². The first-order chi connectivity index (χ1) is 19.4. The van der Waals surface area contributed by atoms with Crippen LogP contribution in [0.1, 0.15) is 45.1 Å². The van der Waals surface area contributed by atoms with Crippen molar-refractivity contribution in [3.05, 3.63) is 48.2 Å². The molecular weight excluding hydrogens is 504 g/mol. The highest BCUT2D eigenvalue weighted by Gasteiger charge is 2.17. The van der Waals surface area contributed by atoms with Crippen LogP contribution in [0.5, 0.6) is 11.5 Å². The second kappa shape index (κ2) is 13.8. The monoisotopic (exact) mass is 542 g/mol. The van der Waals surface area contributed by atoms with E-state index in [0.717, 1.165) is 49.5 Å². The van der Waals surface area contributed by atoms with Crippen molar-refractivity contribution in [1.29, 1.82) is 5.26 Å². The predicted molar refractivity (Wildman–Crippen MR) is 160 cm³/mol. The largest absolute Gasteiger partial charge is 0.492 e. The Labute approximate surface area is 236 Å². The van der Waals surface area contributed by atoms with E-state index >= 15 is 0 Å². The molecule has 2 N–H and O–H groups in total. The van der Waals surface area contributed by atoms with E-state index in [1.54, 1.807) is 12.3 Å². The third kappa shape index (κ3) is 7.48. The minimum absolute atomic E-state index is 0.0924. The fourth-order valence-corrected chi connectivity index (χ4v) is 4.65. The van der Waals surface area contributed by atoms with Gasteiger partial charge in [-0.3, -0.25) is 14.8 Å². The maximum atomic E-state index is 12.7. The van der Waals surface area contributed by atoms with E-state index in [1.807, 2.05) is 56.3 Å². The maximum absolute atomic E-state index is 12.7. The lowest BCUT2D eigenvalue weighted by molar-refractivity contribution is -0.116. The zero-order chi connectivity index (χ0) is 28.5. The Morgan fingerprint density at radius 1 is 1.20 bits per heavy atom. The highest BCUT2D eigenvalue weighted by molar-refractivity contribution is 6.02. The Morgan fingerprint density at radius 3 is 2.70 bits per heavy atom. The Morgan fingerprint density at radius 2 is 2.00 bits per heavy atom. The lowest BCUT2D eigenvalue weighted by Gasteiger charge is -2.19. The van der Waals surface area contributed by atoms with E-state index in [1.165, 1.54) is 0 Å². The summed E-state index contributed by atoms with van der Waals surface area (Å²) >= 11 is 0. The molecule has 0 aliphatic carbocycles. The summed E-state index contributed by atoms with van der Waals surface area (Å²) in [6.45, 7) is 6.72. The fraction of sp³-hybridized carbons (Fsp3) is 0.419. The Kier molecular flexibility index (Phi) is 9.92. The van der Waals surface area contributed by atoms with Gasteiger partial charge >= 0.3 is 0 Å². The van der Waals surface area contributed by atoms with Crippen LogP contribution in [0.15, 0.2) is 47.6 Å². The zero-order valence-corrected chi connectivity index (χ0v) is 23.8. The molecule has 9 nitrogen and oxygen atoms in total. The topological polar surface area (TPSA) is 112 Å². The van der Waals surface area contributed by atoms with Gasteiger partial charge in [-0.05, 0) is 83.1 Å². The molecule has 0 bridgehead atoms. The molecule has 0 saturated carbocycles. The first kappa shape index (κ1) is 28.8. The quantitative estimate of drug-likeness (QED) is 0.298.